The first kappa shape index (κ1) is 10.1. The van der Waals surface area contributed by atoms with Gasteiger partial charge < -0.3 is 4.90 Å². The van der Waals surface area contributed by atoms with Crippen LogP contribution in [0.4, 0.5) is 0 Å². The fraction of sp³-hybridized carbons (Fsp3) is 0.727. The monoisotopic (exact) mass is 210 g/mol. The van der Waals surface area contributed by atoms with Crippen LogP contribution >= 0.6 is 11.8 Å². The van der Waals surface area contributed by atoms with Gasteiger partial charge in [-0.3, -0.25) is 4.99 Å². The smallest absolute Gasteiger partial charge is 0.168 e. The molecule has 2 aliphatic rings. The maximum absolute atomic E-state index is 4.79. The van der Waals surface area contributed by atoms with Gasteiger partial charge in [-0.05, 0) is 24.7 Å². The van der Waals surface area contributed by atoms with Crippen molar-refractivity contribution in [1.29, 1.82) is 0 Å². The third kappa shape index (κ3) is 1.48. The van der Waals surface area contributed by atoms with Gasteiger partial charge in [0.1, 0.15) is 0 Å². The van der Waals surface area contributed by atoms with Crippen LogP contribution in [0.1, 0.15) is 34.1 Å². The van der Waals surface area contributed by atoms with E-state index < -0.39 is 0 Å². The van der Waals surface area contributed by atoms with Crippen LogP contribution in [0.5, 0.6) is 0 Å². The van der Waals surface area contributed by atoms with Gasteiger partial charge in [0.15, 0.2) is 5.17 Å². The van der Waals surface area contributed by atoms with Gasteiger partial charge in [-0.15, -0.1) is 0 Å². The van der Waals surface area contributed by atoms with Crippen molar-refractivity contribution in [1.82, 2.24) is 4.90 Å². The molecule has 2 nitrogen and oxygen atoms in total. The maximum atomic E-state index is 4.79. The van der Waals surface area contributed by atoms with E-state index in [1.807, 2.05) is 0 Å². The zero-order valence-corrected chi connectivity index (χ0v) is 10.2. The molecule has 0 fully saturated rings. The van der Waals surface area contributed by atoms with Gasteiger partial charge in [-0.25, -0.2) is 0 Å². The van der Waals surface area contributed by atoms with E-state index in [1.165, 1.54) is 10.9 Å². The van der Waals surface area contributed by atoms with E-state index in [4.69, 9.17) is 4.99 Å². The SMILES string of the molecule is CCC1(C)CN2C(C(C)C)=CSC2=N1. The van der Waals surface area contributed by atoms with Crippen LogP contribution in [-0.4, -0.2) is 22.2 Å². The van der Waals surface area contributed by atoms with Crippen LogP contribution in [0.2, 0.25) is 0 Å². The lowest BCUT2D eigenvalue weighted by molar-refractivity contribution is 0.376. The van der Waals surface area contributed by atoms with Crippen molar-refractivity contribution in [2.45, 2.75) is 39.7 Å². The van der Waals surface area contributed by atoms with Crippen LogP contribution in [0.25, 0.3) is 0 Å². The lowest BCUT2D eigenvalue weighted by Crippen LogP contribution is -2.32. The van der Waals surface area contributed by atoms with E-state index in [2.05, 4.69) is 38.0 Å². The van der Waals surface area contributed by atoms with Gasteiger partial charge in [0.25, 0.3) is 0 Å². The van der Waals surface area contributed by atoms with E-state index in [0.717, 1.165) is 13.0 Å². The molecule has 78 valence electrons. The van der Waals surface area contributed by atoms with Gasteiger partial charge in [-0.1, -0.05) is 32.5 Å². The second kappa shape index (κ2) is 3.30. The first-order chi connectivity index (χ1) is 6.56. The molecular weight excluding hydrogens is 192 g/mol. The highest BCUT2D eigenvalue weighted by Crippen LogP contribution is 2.39. The summed E-state index contributed by atoms with van der Waals surface area (Å²) in [5.41, 5.74) is 1.59. The Hall–Kier alpha value is -0.440. The van der Waals surface area contributed by atoms with Crippen molar-refractivity contribution in [3.63, 3.8) is 0 Å². The Morgan fingerprint density at radius 1 is 1.64 bits per heavy atom. The number of hydrogen-bond donors (Lipinski definition) is 0. The summed E-state index contributed by atoms with van der Waals surface area (Å²) in [6.07, 6.45) is 1.12. The number of thioether (sulfide) groups is 1. The highest BCUT2D eigenvalue weighted by atomic mass is 32.2. The molecule has 1 unspecified atom stereocenters. The number of rotatable bonds is 2. The third-order valence-electron chi connectivity index (χ3n) is 3.05. The summed E-state index contributed by atoms with van der Waals surface area (Å²) in [6.45, 7) is 10.0. The number of fused-ring (bicyclic) bond motifs is 1. The van der Waals surface area contributed by atoms with Crippen molar-refractivity contribution in [3.8, 4) is 0 Å². The van der Waals surface area contributed by atoms with Gasteiger partial charge in [0.05, 0.1) is 5.54 Å². The average Bonchev–Trinajstić information content (AvgIpc) is 2.60. The van der Waals surface area contributed by atoms with Crippen LogP contribution in [-0.2, 0) is 0 Å². The molecule has 0 N–H and O–H groups in total. The molecule has 0 aromatic rings. The summed E-state index contributed by atoms with van der Waals surface area (Å²) < 4.78 is 0. The molecule has 0 saturated carbocycles. The largest absolute Gasteiger partial charge is 0.322 e. The predicted molar refractivity (Wildman–Crippen MR) is 63.3 cm³/mol. The molecule has 0 aliphatic carbocycles. The molecule has 14 heavy (non-hydrogen) atoms. The Balaban J connectivity index is 2.20. The highest BCUT2D eigenvalue weighted by Gasteiger charge is 2.38. The number of amidine groups is 1. The lowest BCUT2D eigenvalue weighted by Gasteiger charge is -2.24. The number of nitrogens with zero attached hydrogens (tertiary/aromatic N) is 2. The molecule has 0 aromatic carbocycles. The second-order valence-corrected chi connectivity index (χ2v) is 5.48. The minimum atomic E-state index is 0.150. The van der Waals surface area contributed by atoms with Crippen LogP contribution in [0.15, 0.2) is 16.1 Å². The minimum Gasteiger partial charge on any atom is -0.322 e. The molecule has 3 heteroatoms. The van der Waals surface area contributed by atoms with Crippen molar-refractivity contribution in [3.05, 3.63) is 11.1 Å². The summed E-state index contributed by atoms with van der Waals surface area (Å²) in [6, 6.07) is 0. The number of hydrogen-bond acceptors (Lipinski definition) is 3. The quantitative estimate of drug-likeness (QED) is 0.696. The molecule has 0 saturated heterocycles. The molecule has 0 radical (unpaired) electrons. The molecule has 0 bridgehead atoms. The Morgan fingerprint density at radius 2 is 2.36 bits per heavy atom. The fourth-order valence-electron chi connectivity index (χ4n) is 1.84. The highest BCUT2D eigenvalue weighted by molar-refractivity contribution is 8.16. The number of aliphatic imine (C=N–C) groups is 1. The Labute approximate surface area is 90.5 Å². The molecule has 2 aliphatic heterocycles. The van der Waals surface area contributed by atoms with Crippen LogP contribution in [0.3, 0.4) is 0 Å². The van der Waals surface area contributed by atoms with Crippen molar-refractivity contribution >= 4 is 16.9 Å². The van der Waals surface area contributed by atoms with E-state index in [0.29, 0.717) is 5.92 Å². The lowest BCUT2D eigenvalue weighted by atomic mass is 10.00. The van der Waals surface area contributed by atoms with Crippen molar-refractivity contribution < 1.29 is 0 Å². The standard InChI is InChI=1S/C11H18N2S/c1-5-11(4)7-13-9(8(2)3)6-14-10(13)12-11/h6,8H,5,7H2,1-4H3. The molecule has 1 atom stereocenters. The average molecular weight is 210 g/mol. The molecular formula is C11H18N2S. The van der Waals surface area contributed by atoms with Crippen LogP contribution < -0.4 is 0 Å². The van der Waals surface area contributed by atoms with Crippen molar-refractivity contribution in [2.75, 3.05) is 6.54 Å². The molecule has 2 rings (SSSR count). The van der Waals surface area contributed by atoms with Gasteiger partial charge in [-0.2, -0.15) is 0 Å². The van der Waals surface area contributed by atoms with Crippen LogP contribution in [0, 0.1) is 5.92 Å². The molecule has 2 heterocycles. The minimum absolute atomic E-state index is 0.150. The summed E-state index contributed by atoms with van der Waals surface area (Å²) in [4.78, 5) is 7.17. The zero-order valence-electron chi connectivity index (χ0n) is 9.37. The van der Waals surface area contributed by atoms with Gasteiger partial charge in [0, 0.05) is 12.2 Å². The summed E-state index contributed by atoms with van der Waals surface area (Å²) in [5.74, 6) is 0.606. The molecule has 0 aromatic heterocycles. The summed E-state index contributed by atoms with van der Waals surface area (Å²) >= 11 is 1.78. The first-order valence-corrected chi connectivity index (χ1v) is 6.18. The van der Waals surface area contributed by atoms with Crippen molar-refractivity contribution in [2.24, 2.45) is 10.9 Å². The van der Waals surface area contributed by atoms with Gasteiger partial charge in [0.2, 0.25) is 0 Å². The summed E-state index contributed by atoms with van der Waals surface area (Å²) in [5, 5.41) is 3.46. The maximum Gasteiger partial charge on any atom is 0.168 e. The zero-order chi connectivity index (χ0) is 10.3. The topological polar surface area (TPSA) is 15.6 Å². The summed E-state index contributed by atoms with van der Waals surface area (Å²) in [7, 11) is 0. The fourth-order valence-corrected chi connectivity index (χ4v) is 3.04. The predicted octanol–water partition coefficient (Wildman–Crippen LogP) is 3.07. The van der Waals surface area contributed by atoms with Gasteiger partial charge >= 0.3 is 0 Å². The Kier molecular flexibility index (Phi) is 2.38. The first-order valence-electron chi connectivity index (χ1n) is 5.30. The third-order valence-corrected chi connectivity index (χ3v) is 3.93. The van der Waals surface area contributed by atoms with E-state index in [9.17, 15) is 0 Å². The normalized spacial score (nSPS) is 30.8. The number of allylic oxidation sites excluding steroid dienone is 1. The van der Waals surface area contributed by atoms with E-state index in [1.54, 1.807) is 11.8 Å². The Bertz CT molecular complexity index is 306. The second-order valence-electron chi connectivity index (χ2n) is 4.65. The van der Waals surface area contributed by atoms with E-state index >= 15 is 0 Å². The van der Waals surface area contributed by atoms with E-state index in [-0.39, 0.29) is 5.54 Å². The molecule has 0 amide bonds. The molecule has 0 spiro atoms. The Morgan fingerprint density at radius 3 is 2.93 bits per heavy atom.